The Labute approximate surface area is 124 Å². The molecule has 1 saturated heterocycles. The number of rotatable bonds is 5. The Balaban J connectivity index is 2.35. The van der Waals surface area contributed by atoms with Gasteiger partial charge in [0.25, 0.3) is 0 Å². The molecule has 1 aliphatic heterocycles. The van der Waals surface area contributed by atoms with Crippen LogP contribution in [0.25, 0.3) is 0 Å². The molecule has 0 aromatic carbocycles. The summed E-state index contributed by atoms with van der Waals surface area (Å²) in [7, 11) is 1.67. The van der Waals surface area contributed by atoms with E-state index >= 15 is 0 Å². The van der Waals surface area contributed by atoms with Crippen LogP contribution in [0.3, 0.4) is 0 Å². The number of aryl methyl sites for hydroxylation is 1. The van der Waals surface area contributed by atoms with Crippen LogP contribution in [0.15, 0.2) is 6.20 Å². The van der Waals surface area contributed by atoms with Crippen molar-refractivity contribution in [2.24, 2.45) is 0 Å². The van der Waals surface area contributed by atoms with Gasteiger partial charge in [0, 0.05) is 39.4 Å². The first kappa shape index (κ1) is 15.9. The molecule has 21 heavy (non-hydrogen) atoms. The zero-order valence-corrected chi connectivity index (χ0v) is 12.8. The van der Waals surface area contributed by atoms with Crippen molar-refractivity contribution in [3.05, 3.63) is 23.3 Å². The fraction of sp³-hybridized carbons (Fsp3) is 0.667. The van der Waals surface area contributed by atoms with Gasteiger partial charge in [-0.1, -0.05) is 6.92 Å². The van der Waals surface area contributed by atoms with E-state index in [2.05, 4.69) is 9.97 Å². The predicted molar refractivity (Wildman–Crippen MR) is 76.1 cm³/mol. The van der Waals surface area contributed by atoms with Crippen LogP contribution in [0.1, 0.15) is 48.6 Å². The summed E-state index contributed by atoms with van der Waals surface area (Å²) in [4.78, 5) is 20.8. The van der Waals surface area contributed by atoms with Gasteiger partial charge in [0.2, 0.25) is 0 Å². The zero-order chi connectivity index (χ0) is 15.3. The van der Waals surface area contributed by atoms with E-state index in [1.807, 2.05) is 6.92 Å². The van der Waals surface area contributed by atoms with Crippen molar-refractivity contribution in [2.45, 2.75) is 38.7 Å². The summed E-state index contributed by atoms with van der Waals surface area (Å²) >= 11 is 0. The maximum atomic E-state index is 11.9. The van der Waals surface area contributed by atoms with E-state index in [9.17, 15) is 4.79 Å². The summed E-state index contributed by atoms with van der Waals surface area (Å²) in [6, 6.07) is 0. The maximum absolute atomic E-state index is 11.9. The van der Waals surface area contributed by atoms with Gasteiger partial charge in [-0.2, -0.15) is 0 Å². The molecule has 6 heteroatoms. The number of methoxy groups -OCH3 is 1. The second-order valence-corrected chi connectivity index (χ2v) is 4.94. The van der Waals surface area contributed by atoms with Crippen molar-refractivity contribution in [1.29, 1.82) is 0 Å². The largest absolute Gasteiger partial charge is 0.462 e. The van der Waals surface area contributed by atoms with Crippen molar-refractivity contribution in [2.75, 3.05) is 26.9 Å². The topological polar surface area (TPSA) is 70.5 Å². The number of hydrogen-bond donors (Lipinski definition) is 0. The van der Waals surface area contributed by atoms with Crippen LogP contribution in [0.2, 0.25) is 0 Å². The average molecular weight is 294 g/mol. The first-order chi connectivity index (χ1) is 10.2. The molecule has 0 spiro atoms. The summed E-state index contributed by atoms with van der Waals surface area (Å²) in [6.45, 7) is 5.32. The van der Waals surface area contributed by atoms with E-state index in [1.54, 1.807) is 20.2 Å². The molecule has 0 atom stereocenters. The Morgan fingerprint density at radius 1 is 1.38 bits per heavy atom. The lowest BCUT2D eigenvalue weighted by Gasteiger charge is -2.34. The number of ether oxygens (including phenoxy) is 3. The molecule has 0 unspecified atom stereocenters. The Hall–Kier alpha value is -1.53. The van der Waals surface area contributed by atoms with E-state index < -0.39 is 5.60 Å². The normalized spacial score (nSPS) is 17.5. The van der Waals surface area contributed by atoms with E-state index in [-0.39, 0.29) is 5.97 Å². The molecule has 0 amide bonds. The number of esters is 1. The highest BCUT2D eigenvalue weighted by Gasteiger charge is 2.38. The summed E-state index contributed by atoms with van der Waals surface area (Å²) < 4.78 is 16.1. The van der Waals surface area contributed by atoms with Crippen LogP contribution in [-0.2, 0) is 26.2 Å². The fourth-order valence-corrected chi connectivity index (χ4v) is 2.51. The van der Waals surface area contributed by atoms with Crippen LogP contribution < -0.4 is 0 Å². The second-order valence-electron chi connectivity index (χ2n) is 4.94. The van der Waals surface area contributed by atoms with Crippen molar-refractivity contribution in [3.63, 3.8) is 0 Å². The van der Waals surface area contributed by atoms with Crippen molar-refractivity contribution >= 4 is 5.97 Å². The van der Waals surface area contributed by atoms with Gasteiger partial charge in [0.1, 0.15) is 5.60 Å². The van der Waals surface area contributed by atoms with Crippen molar-refractivity contribution < 1.29 is 19.0 Å². The van der Waals surface area contributed by atoms with Crippen LogP contribution in [0.4, 0.5) is 0 Å². The van der Waals surface area contributed by atoms with Gasteiger partial charge in [-0.15, -0.1) is 0 Å². The van der Waals surface area contributed by atoms with Gasteiger partial charge < -0.3 is 14.2 Å². The number of nitrogens with zero attached hydrogens (tertiary/aromatic N) is 2. The molecule has 116 valence electrons. The van der Waals surface area contributed by atoms with Gasteiger partial charge in [0.05, 0.1) is 17.9 Å². The summed E-state index contributed by atoms with van der Waals surface area (Å²) in [5.41, 5.74) is 0.609. The smallest absolute Gasteiger partial charge is 0.341 e. The van der Waals surface area contributed by atoms with E-state index in [4.69, 9.17) is 14.2 Å². The molecule has 1 aromatic rings. The molecule has 0 radical (unpaired) electrons. The minimum Gasteiger partial charge on any atom is -0.462 e. The Morgan fingerprint density at radius 3 is 2.67 bits per heavy atom. The minimum atomic E-state index is -0.518. The highest BCUT2D eigenvalue weighted by molar-refractivity contribution is 5.90. The number of carbonyl (C=O) groups is 1. The molecule has 0 bridgehead atoms. The van der Waals surface area contributed by atoms with Gasteiger partial charge in [0.15, 0.2) is 5.82 Å². The van der Waals surface area contributed by atoms with Gasteiger partial charge >= 0.3 is 5.97 Å². The third-order valence-electron chi connectivity index (χ3n) is 3.80. The number of carbonyl (C=O) groups excluding carboxylic acids is 1. The number of hydrogen-bond acceptors (Lipinski definition) is 6. The molecule has 1 aliphatic rings. The molecule has 1 fully saturated rings. The number of aromatic nitrogens is 2. The molecule has 2 rings (SSSR count). The SMILES string of the molecule is CCOC(=O)c1cnc(C2(OC)CCOCC2)nc1CC. The fourth-order valence-electron chi connectivity index (χ4n) is 2.51. The predicted octanol–water partition coefficient (Wildman–Crippen LogP) is 1.87. The molecular weight excluding hydrogens is 272 g/mol. The maximum Gasteiger partial charge on any atom is 0.341 e. The quantitative estimate of drug-likeness (QED) is 0.772. The average Bonchev–Trinajstić information content (AvgIpc) is 2.55. The third-order valence-corrected chi connectivity index (χ3v) is 3.80. The molecular formula is C15H22N2O4. The third kappa shape index (κ3) is 3.22. The molecule has 0 N–H and O–H groups in total. The van der Waals surface area contributed by atoms with Crippen molar-refractivity contribution in [1.82, 2.24) is 9.97 Å². The van der Waals surface area contributed by atoms with Crippen LogP contribution in [0.5, 0.6) is 0 Å². The van der Waals surface area contributed by atoms with Crippen molar-refractivity contribution in [3.8, 4) is 0 Å². The molecule has 0 aliphatic carbocycles. The molecule has 0 saturated carbocycles. The van der Waals surface area contributed by atoms with E-state index in [0.29, 0.717) is 56.2 Å². The highest BCUT2D eigenvalue weighted by Crippen LogP contribution is 2.33. The van der Waals surface area contributed by atoms with Crippen LogP contribution in [-0.4, -0.2) is 42.9 Å². The summed E-state index contributed by atoms with van der Waals surface area (Å²) in [5.74, 6) is 0.248. The van der Waals surface area contributed by atoms with Crippen LogP contribution >= 0.6 is 0 Å². The Bertz CT molecular complexity index is 498. The Morgan fingerprint density at radius 2 is 2.10 bits per heavy atom. The summed E-state index contributed by atoms with van der Waals surface area (Å²) in [5, 5.41) is 0. The zero-order valence-electron chi connectivity index (χ0n) is 12.8. The molecule has 6 nitrogen and oxygen atoms in total. The summed E-state index contributed by atoms with van der Waals surface area (Å²) in [6.07, 6.45) is 3.62. The standard InChI is InChI=1S/C15H22N2O4/c1-4-12-11(13(18)21-5-2)10-16-14(17-12)15(19-3)6-8-20-9-7-15/h10H,4-9H2,1-3H3. The minimum absolute atomic E-state index is 0.336. The van der Waals surface area contributed by atoms with E-state index in [0.717, 1.165) is 0 Å². The van der Waals surface area contributed by atoms with Gasteiger partial charge in [-0.3, -0.25) is 0 Å². The lowest BCUT2D eigenvalue weighted by atomic mass is 9.92. The van der Waals surface area contributed by atoms with Gasteiger partial charge in [-0.25, -0.2) is 14.8 Å². The Kier molecular flexibility index (Phi) is 5.25. The first-order valence-electron chi connectivity index (χ1n) is 7.33. The molecule has 1 aromatic heterocycles. The van der Waals surface area contributed by atoms with Gasteiger partial charge in [-0.05, 0) is 13.3 Å². The lowest BCUT2D eigenvalue weighted by Crippen LogP contribution is -2.37. The second kappa shape index (κ2) is 6.95. The van der Waals surface area contributed by atoms with E-state index in [1.165, 1.54) is 0 Å². The molecule has 2 heterocycles. The highest BCUT2D eigenvalue weighted by atomic mass is 16.5. The lowest BCUT2D eigenvalue weighted by molar-refractivity contribution is -0.100. The van der Waals surface area contributed by atoms with Crippen LogP contribution in [0, 0.1) is 0 Å². The monoisotopic (exact) mass is 294 g/mol. The first-order valence-corrected chi connectivity index (χ1v) is 7.33.